The summed E-state index contributed by atoms with van der Waals surface area (Å²) in [6, 6.07) is 2.29. The fourth-order valence-corrected chi connectivity index (χ4v) is 4.20. The minimum atomic E-state index is 0.778. The molecule has 18 heavy (non-hydrogen) atoms. The van der Waals surface area contributed by atoms with Crippen molar-refractivity contribution in [3.8, 4) is 0 Å². The van der Waals surface area contributed by atoms with Crippen molar-refractivity contribution in [2.45, 2.75) is 50.5 Å². The fourth-order valence-electron chi connectivity index (χ4n) is 4.20. The molecule has 2 aliphatic carbocycles. The molecule has 2 N–H and O–H groups in total. The van der Waals surface area contributed by atoms with Crippen LogP contribution in [0.25, 0.3) is 0 Å². The highest BCUT2D eigenvalue weighted by Crippen LogP contribution is 2.50. The van der Waals surface area contributed by atoms with Gasteiger partial charge < -0.3 is 10.6 Å². The third-order valence-electron chi connectivity index (χ3n) is 4.98. The van der Waals surface area contributed by atoms with E-state index in [0.717, 1.165) is 24.1 Å². The molecule has 3 aliphatic rings. The molecular formula is C16H22N2. The normalized spacial score (nSPS) is 27.1. The number of hydrogen-bond acceptors (Lipinski definition) is 2. The Bertz CT molecular complexity index is 502. The van der Waals surface area contributed by atoms with Crippen LogP contribution in [0.5, 0.6) is 0 Å². The Labute approximate surface area is 109 Å². The number of hydrogen-bond donors (Lipinski definition) is 1. The molecule has 1 aromatic rings. The van der Waals surface area contributed by atoms with Crippen molar-refractivity contribution in [3.05, 3.63) is 28.3 Å². The highest BCUT2D eigenvalue weighted by Gasteiger charge is 2.35. The molecule has 0 spiro atoms. The van der Waals surface area contributed by atoms with Crippen LogP contribution in [-0.4, -0.2) is 18.5 Å². The van der Waals surface area contributed by atoms with Crippen LogP contribution in [0.1, 0.15) is 59.8 Å². The first-order valence-corrected chi connectivity index (χ1v) is 7.36. The number of rotatable bonds is 1. The van der Waals surface area contributed by atoms with Crippen molar-refractivity contribution >= 4 is 5.69 Å². The first-order chi connectivity index (χ1) is 8.74. The van der Waals surface area contributed by atoms with E-state index in [9.17, 15) is 0 Å². The summed E-state index contributed by atoms with van der Waals surface area (Å²) in [6.07, 6.45) is 6.73. The molecule has 0 radical (unpaired) electrons. The molecule has 1 fully saturated rings. The van der Waals surface area contributed by atoms with E-state index in [4.69, 9.17) is 5.73 Å². The number of likely N-dealkylation sites (N-methyl/N-ethyl adjacent to an activating group) is 1. The molecule has 1 heterocycles. The maximum Gasteiger partial charge on any atom is 0.0355 e. The number of anilines is 1. The Balaban J connectivity index is 1.93. The summed E-state index contributed by atoms with van der Waals surface area (Å²) < 4.78 is 0. The van der Waals surface area contributed by atoms with Crippen molar-refractivity contribution < 1.29 is 0 Å². The van der Waals surface area contributed by atoms with Gasteiger partial charge in [-0.05, 0) is 79.3 Å². The smallest absolute Gasteiger partial charge is 0.0355 e. The van der Waals surface area contributed by atoms with Gasteiger partial charge in [-0.15, -0.1) is 0 Å². The van der Waals surface area contributed by atoms with E-state index in [1.807, 2.05) is 0 Å². The molecule has 0 amide bonds. The van der Waals surface area contributed by atoms with Crippen LogP contribution < -0.4 is 5.73 Å². The molecule has 2 heteroatoms. The van der Waals surface area contributed by atoms with Gasteiger partial charge in [0.25, 0.3) is 0 Å². The Morgan fingerprint density at radius 1 is 1.17 bits per heavy atom. The summed E-state index contributed by atoms with van der Waals surface area (Å²) in [7, 11) is 2.24. The summed E-state index contributed by atoms with van der Waals surface area (Å²) in [5.41, 5.74) is 13.9. The Hall–Kier alpha value is -1.02. The van der Waals surface area contributed by atoms with E-state index < -0.39 is 0 Å². The molecule has 1 unspecified atom stereocenters. The van der Waals surface area contributed by atoms with Gasteiger partial charge in [-0.1, -0.05) is 0 Å². The van der Waals surface area contributed by atoms with Gasteiger partial charge in [-0.25, -0.2) is 0 Å². The molecule has 1 aromatic carbocycles. The zero-order valence-electron chi connectivity index (χ0n) is 11.2. The summed E-state index contributed by atoms with van der Waals surface area (Å²) in [4.78, 5) is 2.46. The maximum absolute atomic E-state index is 6.36. The first kappa shape index (κ1) is 10.9. The third kappa shape index (κ3) is 1.51. The van der Waals surface area contributed by atoms with E-state index >= 15 is 0 Å². The van der Waals surface area contributed by atoms with E-state index in [0.29, 0.717) is 0 Å². The Morgan fingerprint density at radius 3 is 2.78 bits per heavy atom. The van der Waals surface area contributed by atoms with Crippen LogP contribution in [0, 0.1) is 0 Å². The second-order valence-corrected chi connectivity index (χ2v) is 6.49. The van der Waals surface area contributed by atoms with Crippen LogP contribution in [0.2, 0.25) is 0 Å². The predicted molar refractivity (Wildman–Crippen MR) is 74.8 cm³/mol. The second-order valence-electron chi connectivity index (χ2n) is 6.49. The lowest BCUT2D eigenvalue weighted by Gasteiger charge is -2.38. The number of nitrogens with zero attached hydrogens (tertiary/aromatic N) is 1. The van der Waals surface area contributed by atoms with Crippen LogP contribution >= 0.6 is 0 Å². The molecule has 96 valence electrons. The first-order valence-electron chi connectivity index (χ1n) is 7.36. The van der Waals surface area contributed by atoms with Crippen LogP contribution in [-0.2, 0) is 13.0 Å². The quantitative estimate of drug-likeness (QED) is 0.767. The molecule has 1 atom stereocenters. The van der Waals surface area contributed by atoms with Crippen LogP contribution in [0.3, 0.4) is 0 Å². The summed E-state index contributed by atoms with van der Waals surface area (Å²) in [6.45, 7) is 2.34. The zero-order valence-corrected chi connectivity index (χ0v) is 11.2. The molecule has 0 saturated heterocycles. The van der Waals surface area contributed by atoms with Gasteiger partial charge in [0.05, 0.1) is 0 Å². The molecule has 2 nitrogen and oxygen atoms in total. The topological polar surface area (TPSA) is 29.3 Å². The van der Waals surface area contributed by atoms with E-state index in [1.165, 1.54) is 44.2 Å². The van der Waals surface area contributed by atoms with Crippen molar-refractivity contribution in [1.29, 1.82) is 0 Å². The van der Waals surface area contributed by atoms with Gasteiger partial charge in [0.1, 0.15) is 0 Å². The molecule has 4 rings (SSSR count). The average Bonchev–Trinajstić information content (AvgIpc) is 3.12. The standard InChI is InChI=1S/C16H22N2/c1-18-8-11-3-2-4-13-15(11)12(9-18)7-14(17)16(13)10-5-6-10/h7,10-11H,2-6,8-9,17H2,1H3. The Morgan fingerprint density at radius 2 is 2.00 bits per heavy atom. The molecular weight excluding hydrogens is 220 g/mol. The molecule has 1 aliphatic heterocycles. The SMILES string of the molecule is CN1Cc2cc(N)c(C3CC3)c3c2C(CCC3)C1. The van der Waals surface area contributed by atoms with Gasteiger partial charge in [0.2, 0.25) is 0 Å². The lowest BCUT2D eigenvalue weighted by Crippen LogP contribution is -2.33. The zero-order chi connectivity index (χ0) is 12.3. The number of nitrogen functional groups attached to an aromatic ring is 1. The third-order valence-corrected chi connectivity index (χ3v) is 4.98. The number of benzene rings is 1. The monoisotopic (exact) mass is 242 g/mol. The molecule has 0 aromatic heterocycles. The van der Waals surface area contributed by atoms with E-state index in [-0.39, 0.29) is 0 Å². The van der Waals surface area contributed by atoms with Crippen molar-refractivity contribution in [2.75, 3.05) is 19.3 Å². The minimum Gasteiger partial charge on any atom is -0.398 e. The highest BCUT2D eigenvalue weighted by molar-refractivity contribution is 5.62. The molecule has 0 bridgehead atoms. The van der Waals surface area contributed by atoms with Gasteiger partial charge in [-0.2, -0.15) is 0 Å². The number of nitrogens with two attached hydrogens (primary N) is 1. The van der Waals surface area contributed by atoms with E-state index in [2.05, 4.69) is 18.0 Å². The summed E-state index contributed by atoms with van der Waals surface area (Å²) in [5, 5.41) is 0. The lowest BCUT2D eigenvalue weighted by molar-refractivity contribution is 0.266. The second kappa shape index (κ2) is 3.74. The fraction of sp³-hybridized carbons (Fsp3) is 0.625. The van der Waals surface area contributed by atoms with Crippen LogP contribution in [0.4, 0.5) is 5.69 Å². The van der Waals surface area contributed by atoms with Gasteiger partial charge in [0, 0.05) is 18.8 Å². The van der Waals surface area contributed by atoms with Crippen LogP contribution in [0.15, 0.2) is 6.07 Å². The van der Waals surface area contributed by atoms with Crippen molar-refractivity contribution in [1.82, 2.24) is 4.90 Å². The van der Waals surface area contributed by atoms with Gasteiger partial charge in [-0.3, -0.25) is 0 Å². The summed E-state index contributed by atoms with van der Waals surface area (Å²) >= 11 is 0. The largest absolute Gasteiger partial charge is 0.398 e. The highest BCUT2D eigenvalue weighted by atomic mass is 15.1. The molecule has 1 saturated carbocycles. The predicted octanol–water partition coefficient (Wildman–Crippen LogP) is 3.01. The van der Waals surface area contributed by atoms with Crippen molar-refractivity contribution in [3.63, 3.8) is 0 Å². The van der Waals surface area contributed by atoms with Gasteiger partial charge >= 0.3 is 0 Å². The Kier molecular flexibility index (Phi) is 2.25. The minimum absolute atomic E-state index is 0.778. The summed E-state index contributed by atoms with van der Waals surface area (Å²) in [5.74, 6) is 1.57. The van der Waals surface area contributed by atoms with E-state index in [1.54, 1.807) is 16.7 Å². The lowest BCUT2D eigenvalue weighted by atomic mass is 9.75. The maximum atomic E-state index is 6.36. The average molecular weight is 242 g/mol. The van der Waals surface area contributed by atoms with Gasteiger partial charge in [0.15, 0.2) is 0 Å². The van der Waals surface area contributed by atoms with Crippen molar-refractivity contribution in [2.24, 2.45) is 0 Å².